The van der Waals surface area contributed by atoms with E-state index in [4.69, 9.17) is 4.74 Å². The molecule has 39 heavy (non-hydrogen) atoms. The summed E-state index contributed by atoms with van der Waals surface area (Å²) in [7, 11) is 1.45. The van der Waals surface area contributed by atoms with Crippen molar-refractivity contribution in [1.29, 1.82) is 0 Å². The van der Waals surface area contributed by atoms with Gasteiger partial charge in [0.2, 0.25) is 11.8 Å². The molecule has 2 amide bonds. The number of rotatable bonds is 11. The molecule has 0 unspecified atom stereocenters. The Hall–Kier alpha value is -2.63. The Kier molecular flexibility index (Phi) is 10.6. The molecular formula is C33H48N2O4. The molecular weight excluding hydrogens is 488 g/mol. The van der Waals surface area contributed by atoms with Gasteiger partial charge in [-0.1, -0.05) is 81.9 Å². The number of likely N-dealkylation sites (tertiary alicyclic amines) is 2. The van der Waals surface area contributed by atoms with Crippen LogP contribution in [-0.4, -0.2) is 54.3 Å². The molecule has 2 fully saturated rings. The second kappa shape index (κ2) is 14.1. The van der Waals surface area contributed by atoms with Gasteiger partial charge in [0, 0.05) is 37.7 Å². The van der Waals surface area contributed by atoms with Crippen LogP contribution in [0.25, 0.3) is 0 Å². The number of allylic oxidation sites excluding steroid dienone is 1. The van der Waals surface area contributed by atoms with Crippen molar-refractivity contribution in [3.8, 4) is 0 Å². The Morgan fingerprint density at radius 2 is 1.72 bits per heavy atom. The number of carbonyl (C=O) groups excluding carboxylic acids is 3. The molecule has 0 N–H and O–H groups in total. The third kappa shape index (κ3) is 6.93. The highest BCUT2D eigenvalue weighted by Crippen LogP contribution is 2.49. The first kappa shape index (κ1) is 29.4. The summed E-state index contributed by atoms with van der Waals surface area (Å²) in [5.74, 6) is -0.208. The largest absolute Gasteiger partial charge is 0.468 e. The number of piperidine rings is 2. The molecule has 0 spiro atoms. The second-order valence-corrected chi connectivity index (χ2v) is 11.8. The molecule has 1 aliphatic carbocycles. The maximum absolute atomic E-state index is 13.9. The minimum Gasteiger partial charge on any atom is -0.468 e. The molecule has 4 rings (SSSR count). The van der Waals surface area contributed by atoms with Crippen LogP contribution in [0.5, 0.6) is 0 Å². The molecule has 0 bridgehead atoms. The van der Waals surface area contributed by atoms with Gasteiger partial charge in [-0.3, -0.25) is 14.4 Å². The van der Waals surface area contributed by atoms with Crippen LogP contribution in [0.2, 0.25) is 0 Å². The van der Waals surface area contributed by atoms with Gasteiger partial charge >= 0.3 is 5.97 Å². The van der Waals surface area contributed by atoms with Crippen molar-refractivity contribution in [2.75, 3.05) is 26.7 Å². The van der Waals surface area contributed by atoms with E-state index in [1.165, 1.54) is 31.9 Å². The third-order valence-electron chi connectivity index (χ3n) is 9.24. The zero-order chi connectivity index (χ0) is 27.7. The van der Waals surface area contributed by atoms with Crippen molar-refractivity contribution in [3.05, 3.63) is 47.7 Å². The number of hydrogen-bond donors (Lipinski definition) is 0. The predicted octanol–water partition coefficient (Wildman–Crippen LogP) is 6.61. The molecule has 2 atom stereocenters. The van der Waals surface area contributed by atoms with Gasteiger partial charge in [0.15, 0.2) is 0 Å². The summed E-state index contributed by atoms with van der Waals surface area (Å²) in [5, 5.41) is 0. The molecule has 1 aromatic carbocycles. The highest BCUT2D eigenvalue weighted by atomic mass is 16.5. The molecule has 6 nitrogen and oxygen atoms in total. The van der Waals surface area contributed by atoms with Crippen molar-refractivity contribution in [2.45, 2.75) is 103 Å². The normalized spacial score (nSPS) is 24.1. The first-order valence-corrected chi connectivity index (χ1v) is 15.4. The quantitative estimate of drug-likeness (QED) is 0.236. The summed E-state index contributed by atoms with van der Waals surface area (Å²) >= 11 is 0. The molecule has 2 saturated heterocycles. The lowest BCUT2D eigenvalue weighted by Gasteiger charge is -2.46. The first-order valence-electron chi connectivity index (χ1n) is 15.4. The van der Waals surface area contributed by atoms with Gasteiger partial charge in [0.1, 0.15) is 5.41 Å². The number of methoxy groups -OCH3 is 1. The Morgan fingerprint density at radius 3 is 2.44 bits per heavy atom. The van der Waals surface area contributed by atoms with Gasteiger partial charge in [0.25, 0.3) is 0 Å². The first-order chi connectivity index (χ1) is 19.0. The molecule has 3 aliphatic rings. The van der Waals surface area contributed by atoms with E-state index in [-0.39, 0.29) is 24.2 Å². The van der Waals surface area contributed by atoms with Crippen molar-refractivity contribution >= 4 is 17.8 Å². The fraction of sp³-hybridized carbons (Fsp3) is 0.667. The summed E-state index contributed by atoms with van der Waals surface area (Å²) < 4.78 is 5.37. The maximum atomic E-state index is 13.9. The molecule has 0 radical (unpaired) electrons. The summed E-state index contributed by atoms with van der Waals surface area (Å²) in [6, 6.07) is 10.5. The van der Waals surface area contributed by atoms with E-state index in [1.807, 2.05) is 15.9 Å². The van der Waals surface area contributed by atoms with Gasteiger partial charge in [0.05, 0.1) is 7.11 Å². The lowest BCUT2D eigenvalue weighted by Crippen LogP contribution is -2.53. The number of fused-ring (bicyclic) bond motifs is 1. The molecule has 0 saturated carbocycles. The van der Waals surface area contributed by atoms with Crippen LogP contribution in [0.1, 0.15) is 108 Å². The number of esters is 1. The molecule has 2 aliphatic heterocycles. The highest BCUT2D eigenvalue weighted by molar-refractivity contribution is 5.92. The van der Waals surface area contributed by atoms with Gasteiger partial charge in [-0.25, -0.2) is 0 Å². The highest BCUT2D eigenvalue weighted by Gasteiger charge is 2.53. The zero-order valence-electron chi connectivity index (χ0n) is 24.2. The van der Waals surface area contributed by atoms with Gasteiger partial charge in [-0.15, -0.1) is 0 Å². The molecule has 2 heterocycles. The van der Waals surface area contributed by atoms with E-state index >= 15 is 0 Å². The van der Waals surface area contributed by atoms with Crippen LogP contribution in [0.15, 0.2) is 42.1 Å². The molecule has 1 aromatic rings. The molecule has 214 valence electrons. The standard InChI is InChI=1S/C33H48N2O4/c1-3-4-5-6-7-14-21-35-29-17-12-9-13-20-33(29,32(38)39-2)25-28(31(35)37)24-30(36)34-22-18-27(19-23-34)26-15-10-8-11-16-26/h8,10-11,15-17,27-28H,3-7,9,12-14,18-25H2,1-2H3/t28-,33+/m1/s1. The second-order valence-electron chi connectivity index (χ2n) is 11.8. The van der Waals surface area contributed by atoms with Crippen LogP contribution in [-0.2, 0) is 19.1 Å². The molecule has 0 aromatic heterocycles. The van der Waals surface area contributed by atoms with Crippen molar-refractivity contribution in [1.82, 2.24) is 9.80 Å². The predicted molar refractivity (Wildman–Crippen MR) is 154 cm³/mol. The van der Waals surface area contributed by atoms with E-state index < -0.39 is 11.3 Å². The van der Waals surface area contributed by atoms with Crippen molar-refractivity contribution in [3.63, 3.8) is 0 Å². The summed E-state index contributed by atoms with van der Waals surface area (Å²) in [4.78, 5) is 44.7. The number of hydrogen-bond acceptors (Lipinski definition) is 4. The Labute approximate surface area is 235 Å². The average molecular weight is 537 g/mol. The van der Waals surface area contributed by atoms with E-state index in [2.05, 4.69) is 37.3 Å². The topological polar surface area (TPSA) is 66.9 Å². The van der Waals surface area contributed by atoms with Gasteiger partial charge in [-0.05, 0) is 56.4 Å². The summed E-state index contributed by atoms with van der Waals surface area (Å²) in [5.41, 5.74) is 1.36. The van der Waals surface area contributed by atoms with Crippen molar-refractivity contribution in [2.24, 2.45) is 11.3 Å². The van der Waals surface area contributed by atoms with Gasteiger partial charge < -0.3 is 14.5 Å². The van der Waals surface area contributed by atoms with E-state index in [9.17, 15) is 14.4 Å². The number of amides is 2. The smallest absolute Gasteiger partial charge is 0.317 e. The minimum absolute atomic E-state index is 0.0174. The maximum Gasteiger partial charge on any atom is 0.317 e. The zero-order valence-corrected chi connectivity index (χ0v) is 24.2. The fourth-order valence-corrected chi connectivity index (χ4v) is 7.01. The van der Waals surface area contributed by atoms with E-state index in [0.717, 1.165) is 57.1 Å². The summed E-state index contributed by atoms with van der Waals surface area (Å²) in [6.45, 7) is 4.26. The number of benzene rings is 1. The van der Waals surface area contributed by atoms with Crippen LogP contribution >= 0.6 is 0 Å². The third-order valence-corrected chi connectivity index (χ3v) is 9.24. The fourth-order valence-electron chi connectivity index (χ4n) is 7.01. The number of ether oxygens (including phenoxy) is 1. The Morgan fingerprint density at radius 1 is 1.00 bits per heavy atom. The average Bonchev–Trinajstić information content (AvgIpc) is 3.19. The Balaban J connectivity index is 1.46. The van der Waals surface area contributed by atoms with Crippen molar-refractivity contribution < 1.29 is 19.1 Å². The van der Waals surface area contributed by atoms with Crippen LogP contribution < -0.4 is 0 Å². The van der Waals surface area contributed by atoms with Crippen LogP contribution in [0, 0.1) is 11.3 Å². The number of unbranched alkanes of at least 4 members (excludes halogenated alkanes) is 5. The van der Waals surface area contributed by atoms with Crippen LogP contribution in [0.3, 0.4) is 0 Å². The Bertz CT molecular complexity index is 998. The van der Waals surface area contributed by atoms with E-state index in [0.29, 0.717) is 38.4 Å². The SMILES string of the molecule is CCCCCCCCN1C(=O)[C@H](CC(=O)N2CCC(c3ccccc3)CC2)C[C@@]2(C(=O)OC)CCCCC=C12. The number of carbonyl (C=O) groups is 3. The van der Waals surface area contributed by atoms with E-state index in [1.54, 1.807) is 0 Å². The monoisotopic (exact) mass is 536 g/mol. The minimum atomic E-state index is -0.827. The summed E-state index contributed by atoms with van der Waals surface area (Å²) in [6.07, 6.45) is 14.8. The lowest BCUT2D eigenvalue weighted by molar-refractivity contribution is -0.160. The van der Waals surface area contributed by atoms with Gasteiger partial charge in [-0.2, -0.15) is 0 Å². The number of nitrogens with zero attached hydrogens (tertiary/aromatic N) is 2. The lowest BCUT2D eigenvalue weighted by atomic mass is 9.69. The van der Waals surface area contributed by atoms with Crippen LogP contribution in [0.4, 0.5) is 0 Å². The molecule has 6 heteroatoms.